The quantitative estimate of drug-likeness (QED) is 0.750. The Morgan fingerprint density at radius 3 is 2.55 bits per heavy atom. The summed E-state index contributed by atoms with van der Waals surface area (Å²) in [6, 6.07) is -0.0896. The highest BCUT2D eigenvalue weighted by Gasteiger charge is 2.48. The Morgan fingerprint density at radius 1 is 1.40 bits per heavy atom. The molecule has 1 aliphatic heterocycles. The average Bonchev–Trinajstić information content (AvgIpc) is 2.79. The Balaban J connectivity index is 2.16. The van der Waals surface area contributed by atoms with Gasteiger partial charge >= 0.3 is 6.09 Å². The first-order chi connectivity index (χ1) is 9.10. The highest BCUT2D eigenvalue weighted by atomic mass is 16.6. The fourth-order valence-corrected chi connectivity index (χ4v) is 2.81. The zero-order valence-corrected chi connectivity index (χ0v) is 12.9. The van der Waals surface area contributed by atoms with E-state index in [0.29, 0.717) is 13.0 Å². The normalized spacial score (nSPS) is 32.7. The first-order valence-corrected chi connectivity index (χ1v) is 7.13. The summed E-state index contributed by atoms with van der Waals surface area (Å²) in [6.07, 6.45) is 3.59. The van der Waals surface area contributed by atoms with Crippen LogP contribution in [0, 0.1) is 5.92 Å². The van der Waals surface area contributed by atoms with Gasteiger partial charge in [0.15, 0.2) is 0 Å². The number of carbonyl (C=O) groups excluding carboxylic acids is 1. The minimum absolute atomic E-state index is 0.0896. The summed E-state index contributed by atoms with van der Waals surface area (Å²) in [5.74, 6) is 0.110. The van der Waals surface area contributed by atoms with E-state index in [1.54, 1.807) is 11.0 Å². The minimum atomic E-state index is -0.686. The number of rotatable bonds is 1. The Labute approximate surface area is 120 Å². The number of ether oxygens (including phenoxy) is 2. The fourth-order valence-electron chi connectivity index (χ4n) is 2.81. The number of aliphatic hydroxyl groups excluding tert-OH is 1. The molecule has 2 aliphatic rings. The van der Waals surface area contributed by atoms with Crippen molar-refractivity contribution < 1.29 is 19.4 Å². The van der Waals surface area contributed by atoms with Crippen LogP contribution in [0.25, 0.3) is 0 Å². The fraction of sp³-hybridized carbons (Fsp3) is 0.800. The second-order valence-electron chi connectivity index (χ2n) is 7.03. The third kappa shape index (κ3) is 3.15. The van der Waals surface area contributed by atoms with E-state index in [-0.39, 0.29) is 18.1 Å². The highest BCUT2D eigenvalue weighted by Crippen LogP contribution is 2.36. The summed E-state index contributed by atoms with van der Waals surface area (Å²) in [7, 11) is 0. The lowest BCUT2D eigenvalue weighted by atomic mass is 9.98. The maximum absolute atomic E-state index is 12.5. The molecule has 3 atom stereocenters. The lowest BCUT2D eigenvalue weighted by molar-refractivity contribution is -0.0640. The molecule has 0 unspecified atom stereocenters. The molecule has 1 fully saturated rings. The van der Waals surface area contributed by atoms with Crippen LogP contribution >= 0.6 is 0 Å². The van der Waals surface area contributed by atoms with E-state index in [9.17, 15) is 9.90 Å². The van der Waals surface area contributed by atoms with Crippen LogP contribution in [0.2, 0.25) is 0 Å². The number of nitrogens with zero attached hydrogens (tertiary/aromatic N) is 1. The SMILES string of the molecule is CC(C)(C)OC(=O)N1[C@H]([C@H]2C=C[C@H](O)C2)COC1(C)C. The van der Waals surface area contributed by atoms with Crippen molar-refractivity contribution in [1.82, 2.24) is 4.90 Å². The van der Waals surface area contributed by atoms with Crippen molar-refractivity contribution in [2.45, 2.75) is 64.5 Å². The molecular weight excluding hydrogens is 258 g/mol. The Hall–Kier alpha value is -1.07. The van der Waals surface area contributed by atoms with E-state index in [1.807, 2.05) is 40.7 Å². The molecule has 0 aromatic heterocycles. The topological polar surface area (TPSA) is 59.0 Å². The van der Waals surface area contributed by atoms with Crippen molar-refractivity contribution >= 4 is 6.09 Å². The minimum Gasteiger partial charge on any atom is -0.444 e. The van der Waals surface area contributed by atoms with Crippen LogP contribution < -0.4 is 0 Å². The highest BCUT2D eigenvalue weighted by molar-refractivity contribution is 5.70. The molecule has 1 N–H and O–H groups in total. The van der Waals surface area contributed by atoms with Gasteiger partial charge in [0.2, 0.25) is 0 Å². The maximum Gasteiger partial charge on any atom is 0.412 e. The van der Waals surface area contributed by atoms with Gasteiger partial charge in [-0.05, 0) is 41.0 Å². The molecule has 1 aliphatic carbocycles. The monoisotopic (exact) mass is 283 g/mol. The number of amides is 1. The Kier molecular flexibility index (Phi) is 3.86. The van der Waals surface area contributed by atoms with Gasteiger partial charge in [-0.15, -0.1) is 0 Å². The van der Waals surface area contributed by atoms with Crippen LogP contribution in [-0.4, -0.2) is 46.2 Å². The van der Waals surface area contributed by atoms with Gasteiger partial charge in [-0.1, -0.05) is 12.2 Å². The summed E-state index contributed by atoms with van der Waals surface area (Å²) < 4.78 is 11.3. The molecule has 0 aromatic rings. The van der Waals surface area contributed by atoms with Gasteiger partial charge in [0.1, 0.15) is 11.3 Å². The molecule has 0 bridgehead atoms. The van der Waals surface area contributed by atoms with Crippen LogP contribution in [0.4, 0.5) is 4.79 Å². The molecule has 5 nitrogen and oxygen atoms in total. The predicted octanol–water partition coefficient (Wildman–Crippen LogP) is 2.30. The Bertz CT molecular complexity index is 411. The van der Waals surface area contributed by atoms with Crippen molar-refractivity contribution in [3.8, 4) is 0 Å². The van der Waals surface area contributed by atoms with E-state index in [1.165, 1.54) is 0 Å². The molecule has 114 valence electrons. The lowest BCUT2D eigenvalue weighted by Crippen LogP contribution is -2.51. The number of hydrogen-bond donors (Lipinski definition) is 1. The van der Waals surface area contributed by atoms with Gasteiger partial charge in [0, 0.05) is 5.92 Å². The molecule has 0 spiro atoms. The van der Waals surface area contributed by atoms with E-state index in [2.05, 4.69) is 0 Å². The number of hydrogen-bond acceptors (Lipinski definition) is 4. The average molecular weight is 283 g/mol. The molecule has 1 saturated heterocycles. The van der Waals surface area contributed by atoms with Gasteiger partial charge in [0.05, 0.1) is 18.8 Å². The van der Waals surface area contributed by atoms with Crippen LogP contribution in [-0.2, 0) is 9.47 Å². The third-order valence-corrected chi connectivity index (χ3v) is 3.70. The molecular formula is C15H25NO4. The van der Waals surface area contributed by atoms with Gasteiger partial charge in [-0.2, -0.15) is 0 Å². The molecule has 20 heavy (non-hydrogen) atoms. The van der Waals surface area contributed by atoms with E-state index < -0.39 is 17.4 Å². The van der Waals surface area contributed by atoms with Crippen molar-refractivity contribution in [2.24, 2.45) is 5.92 Å². The molecule has 0 radical (unpaired) electrons. The largest absolute Gasteiger partial charge is 0.444 e. The summed E-state index contributed by atoms with van der Waals surface area (Å²) in [6.45, 7) is 9.75. The molecule has 0 saturated carbocycles. The van der Waals surface area contributed by atoms with E-state index >= 15 is 0 Å². The van der Waals surface area contributed by atoms with Gasteiger partial charge < -0.3 is 14.6 Å². The second kappa shape index (κ2) is 5.04. The number of carbonyl (C=O) groups is 1. The summed E-state index contributed by atoms with van der Waals surface area (Å²) in [5, 5.41) is 9.64. The van der Waals surface area contributed by atoms with Crippen LogP contribution in [0.5, 0.6) is 0 Å². The van der Waals surface area contributed by atoms with Crippen LogP contribution in [0.3, 0.4) is 0 Å². The maximum atomic E-state index is 12.5. The Morgan fingerprint density at radius 2 is 2.05 bits per heavy atom. The zero-order valence-electron chi connectivity index (χ0n) is 12.9. The van der Waals surface area contributed by atoms with Gasteiger partial charge in [-0.25, -0.2) is 4.79 Å². The third-order valence-electron chi connectivity index (χ3n) is 3.70. The standard InChI is InChI=1S/C15H25NO4/c1-14(2,3)20-13(18)16-12(9-19-15(16,4)5)10-6-7-11(17)8-10/h6-7,10-12,17H,8-9H2,1-5H3/t10-,11-,12-/m0/s1. The van der Waals surface area contributed by atoms with Crippen LogP contribution in [0.1, 0.15) is 41.0 Å². The molecule has 2 rings (SSSR count). The smallest absolute Gasteiger partial charge is 0.412 e. The predicted molar refractivity (Wildman–Crippen MR) is 75.1 cm³/mol. The first-order valence-electron chi connectivity index (χ1n) is 7.13. The molecule has 1 heterocycles. The van der Waals surface area contributed by atoms with Crippen molar-refractivity contribution in [3.05, 3.63) is 12.2 Å². The van der Waals surface area contributed by atoms with Crippen molar-refractivity contribution in [1.29, 1.82) is 0 Å². The summed E-state index contributed by atoms with van der Waals surface area (Å²) in [5.41, 5.74) is -1.22. The molecule has 1 amide bonds. The van der Waals surface area contributed by atoms with Crippen molar-refractivity contribution in [2.75, 3.05) is 6.61 Å². The van der Waals surface area contributed by atoms with E-state index in [4.69, 9.17) is 9.47 Å². The van der Waals surface area contributed by atoms with E-state index in [0.717, 1.165) is 0 Å². The number of aliphatic hydroxyl groups is 1. The summed E-state index contributed by atoms with van der Waals surface area (Å²) in [4.78, 5) is 14.1. The zero-order chi connectivity index (χ0) is 15.1. The lowest BCUT2D eigenvalue weighted by Gasteiger charge is -2.36. The van der Waals surface area contributed by atoms with Gasteiger partial charge in [-0.3, -0.25) is 4.90 Å². The molecule has 0 aromatic carbocycles. The van der Waals surface area contributed by atoms with Gasteiger partial charge in [0.25, 0.3) is 0 Å². The molecule has 5 heteroatoms. The first kappa shape index (κ1) is 15.3. The van der Waals surface area contributed by atoms with Crippen molar-refractivity contribution in [3.63, 3.8) is 0 Å². The second-order valence-corrected chi connectivity index (χ2v) is 7.03. The van der Waals surface area contributed by atoms with Crippen LogP contribution in [0.15, 0.2) is 12.2 Å². The summed E-state index contributed by atoms with van der Waals surface area (Å²) >= 11 is 0.